The fourth-order valence-electron chi connectivity index (χ4n) is 4.52. The standard InChI is InChI=1S/C27H27F2N5O2/c1-3-16(2)34-8-9-36-27-21(28)10-19(11-23(27)34)26-22(29)15-32-24(33-26)13-20-5-4-18(14-31-20)17-6-7-30-25(35)12-17/h4-5,10-12,14-16H,3,6-9,13H2,1-2H3,(H,30,35). The molecule has 5 rings (SSSR count). The summed E-state index contributed by atoms with van der Waals surface area (Å²) in [5.41, 5.74) is 3.48. The van der Waals surface area contributed by atoms with Gasteiger partial charge in [-0.1, -0.05) is 13.0 Å². The molecule has 0 fully saturated rings. The Balaban J connectivity index is 1.42. The molecule has 0 spiro atoms. The van der Waals surface area contributed by atoms with Gasteiger partial charge in [0.1, 0.15) is 18.1 Å². The lowest BCUT2D eigenvalue weighted by Gasteiger charge is -2.36. The Hall–Kier alpha value is -3.88. The van der Waals surface area contributed by atoms with Crippen molar-refractivity contribution in [2.75, 3.05) is 24.6 Å². The van der Waals surface area contributed by atoms with E-state index >= 15 is 0 Å². The minimum Gasteiger partial charge on any atom is -0.486 e. The molecule has 0 saturated carbocycles. The highest BCUT2D eigenvalue weighted by Gasteiger charge is 2.26. The maximum Gasteiger partial charge on any atom is 0.244 e. The third-order valence-corrected chi connectivity index (χ3v) is 6.64. The van der Waals surface area contributed by atoms with Crippen LogP contribution >= 0.6 is 0 Å². The van der Waals surface area contributed by atoms with Gasteiger partial charge in [0.25, 0.3) is 0 Å². The van der Waals surface area contributed by atoms with Gasteiger partial charge in [0.05, 0.1) is 24.8 Å². The summed E-state index contributed by atoms with van der Waals surface area (Å²) in [6.07, 6.45) is 6.31. The quantitative estimate of drug-likeness (QED) is 0.554. The van der Waals surface area contributed by atoms with Gasteiger partial charge in [0.15, 0.2) is 17.4 Å². The van der Waals surface area contributed by atoms with E-state index in [-0.39, 0.29) is 29.8 Å². The van der Waals surface area contributed by atoms with Crippen molar-refractivity contribution in [1.29, 1.82) is 0 Å². The Bertz CT molecular complexity index is 1330. The number of nitrogens with one attached hydrogen (secondary N) is 1. The van der Waals surface area contributed by atoms with E-state index in [1.165, 1.54) is 6.07 Å². The summed E-state index contributed by atoms with van der Waals surface area (Å²) >= 11 is 0. The van der Waals surface area contributed by atoms with Crippen LogP contribution < -0.4 is 15.0 Å². The van der Waals surface area contributed by atoms with Crippen LogP contribution in [0.15, 0.2) is 42.7 Å². The van der Waals surface area contributed by atoms with Crippen LogP contribution in [0, 0.1) is 11.6 Å². The first kappa shape index (κ1) is 23.8. The van der Waals surface area contributed by atoms with Crippen molar-refractivity contribution in [2.24, 2.45) is 0 Å². The second-order valence-electron chi connectivity index (χ2n) is 9.01. The zero-order valence-corrected chi connectivity index (χ0v) is 20.2. The zero-order valence-electron chi connectivity index (χ0n) is 20.2. The Morgan fingerprint density at radius 2 is 2.00 bits per heavy atom. The van der Waals surface area contributed by atoms with Crippen LogP contribution in [-0.4, -0.2) is 46.6 Å². The molecule has 0 radical (unpaired) electrons. The van der Waals surface area contributed by atoms with Gasteiger partial charge in [0, 0.05) is 36.1 Å². The number of rotatable bonds is 6. The lowest BCUT2D eigenvalue weighted by molar-refractivity contribution is -0.116. The number of halogens is 2. The molecule has 7 nitrogen and oxygen atoms in total. The molecule has 3 aromatic rings. The van der Waals surface area contributed by atoms with Gasteiger partial charge in [-0.3, -0.25) is 9.78 Å². The molecule has 1 atom stereocenters. The molecule has 2 aliphatic rings. The predicted octanol–water partition coefficient (Wildman–Crippen LogP) is 4.31. The average molecular weight is 492 g/mol. The molecule has 186 valence electrons. The van der Waals surface area contributed by atoms with Crippen molar-refractivity contribution >= 4 is 17.2 Å². The molecule has 1 unspecified atom stereocenters. The summed E-state index contributed by atoms with van der Waals surface area (Å²) in [5, 5.41) is 2.76. The summed E-state index contributed by atoms with van der Waals surface area (Å²) in [4.78, 5) is 26.7. The van der Waals surface area contributed by atoms with Crippen molar-refractivity contribution in [2.45, 2.75) is 39.2 Å². The number of pyridine rings is 1. The average Bonchev–Trinajstić information content (AvgIpc) is 2.89. The first-order chi connectivity index (χ1) is 17.4. The van der Waals surface area contributed by atoms with E-state index in [0.717, 1.165) is 30.2 Å². The van der Waals surface area contributed by atoms with Gasteiger partial charge in [-0.05, 0) is 49.1 Å². The molecule has 1 amide bonds. The summed E-state index contributed by atoms with van der Waals surface area (Å²) in [7, 11) is 0. The fourth-order valence-corrected chi connectivity index (χ4v) is 4.52. The molecule has 36 heavy (non-hydrogen) atoms. The van der Waals surface area contributed by atoms with Crippen LogP contribution in [0.3, 0.4) is 0 Å². The number of amides is 1. The number of ether oxygens (including phenoxy) is 1. The van der Waals surface area contributed by atoms with E-state index in [1.807, 2.05) is 12.1 Å². The minimum atomic E-state index is -0.629. The van der Waals surface area contributed by atoms with Crippen LogP contribution in [0.25, 0.3) is 16.8 Å². The molecule has 0 bridgehead atoms. The van der Waals surface area contributed by atoms with Gasteiger partial charge in [-0.2, -0.15) is 0 Å². The number of nitrogens with zero attached hydrogens (tertiary/aromatic N) is 4. The molecule has 1 aromatic carbocycles. The van der Waals surface area contributed by atoms with Gasteiger partial charge in [0.2, 0.25) is 5.91 Å². The normalized spacial score (nSPS) is 16.1. The Morgan fingerprint density at radius 3 is 2.75 bits per heavy atom. The molecule has 2 aromatic heterocycles. The van der Waals surface area contributed by atoms with Crippen LogP contribution in [0.1, 0.15) is 43.8 Å². The van der Waals surface area contributed by atoms with E-state index < -0.39 is 11.6 Å². The van der Waals surface area contributed by atoms with E-state index in [9.17, 15) is 13.6 Å². The van der Waals surface area contributed by atoms with Crippen LogP contribution in [0.5, 0.6) is 5.75 Å². The monoisotopic (exact) mass is 491 g/mol. The molecule has 9 heteroatoms. The van der Waals surface area contributed by atoms with Crippen LogP contribution in [0.4, 0.5) is 14.5 Å². The molecular formula is C27H27F2N5O2. The zero-order chi connectivity index (χ0) is 25.2. The maximum atomic E-state index is 15.0. The van der Waals surface area contributed by atoms with Gasteiger partial charge in [-0.25, -0.2) is 18.7 Å². The SMILES string of the molecule is CCC(C)N1CCOc2c(F)cc(-c3nc(Cc4ccc(C5=CC(=O)NCC5)cn4)ncc3F)cc21. The van der Waals surface area contributed by atoms with Crippen molar-refractivity contribution in [1.82, 2.24) is 20.3 Å². The second-order valence-corrected chi connectivity index (χ2v) is 9.01. The Morgan fingerprint density at radius 1 is 1.14 bits per heavy atom. The van der Waals surface area contributed by atoms with Gasteiger partial charge in [-0.15, -0.1) is 0 Å². The summed E-state index contributed by atoms with van der Waals surface area (Å²) in [5.74, 6) is -0.718. The molecular weight excluding hydrogens is 464 g/mol. The first-order valence-corrected chi connectivity index (χ1v) is 12.1. The van der Waals surface area contributed by atoms with Crippen molar-refractivity contribution in [3.05, 3.63) is 71.5 Å². The van der Waals surface area contributed by atoms with E-state index in [1.54, 1.807) is 18.3 Å². The third-order valence-electron chi connectivity index (χ3n) is 6.64. The third kappa shape index (κ3) is 4.78. The second kappa shape index (κ2) is 10.0. The highest BCUT2D eigenvalue weighted by Crippen LogP contribution is 2.39. The molecule has 0 saturated heterocycles. The largest absolute Gasteiger partial charge is 0.486 e. The molecule has 2 aliphatic heterocycles. The summed E-state index contributed by atoms with van der Waals surface area (Å²) in [6.45, 7) is 5.77. The predicted molar refractivity (Wildman–Crippen MR) is 133 cm³/mol. The lowest BCUT2D eigenvalue weighted by Crippen LogP contribution is -2.39. The number of hydrogen-bond donors (Lipinski definition) is 1. The van der Waals surface area contributed by atoms with Gasteiger partial charge < -0.3 is 15.0 Å². The van der Waals surface area contributed by atoms with E-state index in [2.05, 4.69) is 39.0 Å². The highest BCUT2D eigenvalue weighted by molar-refractivity contribution is 5.96. The van der Waals surface area contributed by atoms with Crippen LogP contribution in [-0.2, 0) is 11.2 Å². The number of fused-ring (bicyclic) bond motifs is 1. The molecule has 4 heterocycles. The minimum absolute atomic E-state index is 0.0337. The molecule has 0 aliphatic carbocycles. The van der Waals surface area contributed by atoms with Crippen molar-refractivity contribution in [3.8, 4) is 17.0 Å². The number of hydrogen-bond acceptors (Lipinski definition) is 6. The first-order valence-electron chi connectivity index (χ1n) is 12.1. The number of carbonyl (C=O) groups excluding carboxylic acids is 1. The number of carbonyl (C=O) groups is 1. The van der Waals surface area contributed by atoms with Gasteiger partial charge >= 0.3 is 0 Å². The summed E-state index contributed by atoms with van der Waals surface area (Å²) in [6, 6.07) is 6.92. The van der Waals surface area contributed by atoms with Crippen LogP contribution in [0.2, 0.25) is 0 Å². The number of anilines is 1. The number of aromatic nitrogens is 3. The Labute approximate surface area is 208 Å². The van der Waals surface area contributed by atoms with Crippen molar-refractivity contribution in [3.63, 3.8) is 0 Å². The topological polar surface area (TPSA) is 80.2 Å². The molecule has 1 N–H and O–H groups in total. The maximum absolute atomic E-state index is 15.0. The highest BCUT2D eigenvalue weighted by atomic mass is 19.1. The van der Waals surface area contributed by atoms with E-state index in [4.69, 9.17) is 4.74 Å². The Kier molecular flexibility index (Phi) is 6.63. The smallest absolute Gasteiger partial charge is 0.244 e. The number of benzene rings is 1. The van der Waals surface area contributed by atoms with E-state index in [0.29, 0.717) is 42.5 Å². The summed E-state index contributed by atoms with van der Waals surface area (Å²) < 4.78 is 35.4. The van der Waals surface area contributed by atoms with Crippen molar-refractivity contribution < 1.29 is 18.3 Å². The lowest BCUT2D eigenvalue weighted by atomic mass is 10.0. The fraction of sp³-hybridized carbons (Fsp3) is 0.333.